The lowest BCUT2D eigenvalue weighted by atomic mass is 10.1. The second kappa shape index (κ2) is 11.9. The van der Waals surface area contributed by atoms with Crippen molar-refractivity contribution in [2.45, 2.75) is 19.4 Å². The number of aryl methyl sites for hydroxylation is 1. The smallest absolute Gasteiger partial charge is 0.269 e. The molecule has 1 unspecified atom stereocenters. The SMILES string of the molecule is CCc1cc(OC(=S)N(C)c2cccc(OCC(O)CN(C)c3ccccc3)c2)ccc1Cl. The van der Waals surface area contributed by atoms with Crippen LogP contribution in [0, 0.1) is 0 Å². The Hall–Kier alpha value is -2.80. The van der Waals surface area contributed by atoms with Crippen LogP contribution in [0.15, 0.2) is 72.8 Å². The number of thiocarbonyl (C=S) groups is 1. The van der Waals surface area contributed by atoms with Crippen molar-refractivity contribution in [1.29, 1.82) is 0 Å². The Labute approximate surface area is 206 Å². The van der Waals surface area contributed by atoms with E-state index < -0.39 is 6.10 Å². The van der Waals surface area contributed by atoms with E-state index in [9.17, 15) is 5.11 Å². The predicted molar refractivity (Wildman–Crippen MR) is 140 cm³/mol. The summed E-state index contributed by atoms with van der Waals surface area (Å²) in [6.07, 6.45) is 0.170. The van der Waals surface area contributed by atoms with Crippen molar-refractivity contribution in [2.24, 2.45) is 0 Å². The zero-order chi connectivity index (χ0) is 23.8. The molecule has 174 valence electrons. The van der Waals surface area contributed by atoms with Gasteiger partial charge in [0.15, 0.2) is 0 Å². The van der Waals surface area contributed by atoms with Crippen molar-refractivity contribution in [3.8, 4) is 11.5 Å². The van der Waals surface area contributed by atoms with E-state index in [0.29, 0.717) is 28.2 Å². The summed E-state index contributed by atoms with van der Waals surface area (Å²) < 4.78 is 11.7. The molecule has 0 bridgehead atoms. The van der Waals surface area contributed by atoms with Crippen molar-refractivity contribution in [3.05, 3.63) is 83.4 Å². The first-order valence-electron chi connectivity index (χ1n) is 10.8. The summed E-state index contributed by atoms with van der Waals surface area (Å²) in [4.78, 5) is 3.76. The molecular weight excluding hydrogens is 456 g/mol. The summed E-state index contributed by atoms with van der Waals surface area (Å²) in [5.74, 6) is 1.29. The number of rotatable bonds is 9. The Balaban J connectivity index is 1.56. The first kappa shape index (κ1) is 24.8. The van der Waals surface area contributed by atoms with Gasteiger partial charge in [-0.25, -0.2) is 0 Å². The highest BCUT2D eigenvalue weighted by Gasteiger charge is 2.13. The van der Waals surface area contributed by atoms with E-state index in [1.165, 1.54) is 0 Å². The van der Waals surface area contributed by atoms with E-state index >= 15 is 0 Å². The molecule has 0 aliphatic rings. The number of hydrogen-bond donors (Lipinski definition) is 1. The lowest BCUT2D eigenvalue weighted by molar-refractivity contribution is 0.113. The first-order valence-corrected chi connectivity index (χ1v) is 11.6. The quantitative estimate of drug-likeness (QED) is 0.400. The topological polar surface area (TPSA) is 45.2 Å². The van der Waals surface area contributed by atoms with Crippen LogP contribution in [-0.2, 0) is 6.42 Å². The maximum absolute atomic E-state index is 10.4. The summed E-state index contributed by atoms with van der Waals surface area (Å²) in [5, 5.41) is 11.4. The summed E-state index contributed by atoms with van der Waals surface area (Å²) in [7, 11) is 3.78. The monoisotopic (exact) mass is 484 g/mol. The second-order valence-corrected chi connectivity index (χ2v) is 8.47. The number of likely N-dealkylation sites (N-methyl/N-ethyl adjacent to an activating group) is 1. The van der Waals surface area contributed by atoms with Crippen LogP contribution in [0.1, 0.15) is 12.5 Å². The van der Waals surface area contributed by atoms with Crippen LogP contribution in [-0.4, -0.2) is 43.6 Å². The molecule has 1 N–H and O–H groups in total. The first-order chi connectivity index (χ1) is 15.9. The zero-order valence-corrected chi connectivity index (χ0v) is 20.6. The number of anilines is 2. The predicted octanol–water partition coefficient (Wildman–Crippen LogP) is 5.58. The molecule has 3 rings (SSSR count). The largest absolute Gasteiger partial charge is 0.491 e. The van der Waals surface area contributed by atoms with Gasteiger partial charge >= 0.3 is 0 Å². The average molecular weight is 485 g/mol. The lowest BCUT2D eigenvalue weighted by Crippen LogP contribution is -2.33. The number of aliphatic hydroxyl groups excluding tert-OH is 1. The normalized spacial score (nSPS) is 11.5. The molecular formula is C26H29ClN2O3S. The maximum atomic E-state index is 10.4. The Bertz CT molecular complexity index is 1060. The lowest BCUT2D eigenvalue weighted by Gasteiger charge is -2.23. The van der Waals surface area contributed by atoms with Gasteiger partial charge in [-0.1, -0.05) is 42.8 Å². The van der Waals surface area contributed by atoms with E-state index in [-0.39, 0.29) is 6.61 Å². The van der Waals surface area contributed by atoms with E-state index in [1.54, 1.807) is 11.0 Å². The molecule has 7 heteroatoms. The minimum absolute atomic E-state index is 0.176. The van der Waals surface area contributed by atoms with Gasteiger partial charge in [0.25, 0.3) is 5.17 Å². The van der Waals surface area contributed by atoms with E-state index in [0.717, 1.165) is 23.4 Å². The number of halogens is 1. The Morgan fingerprint density at radius 3 is 2.42 bits per heavy atom. The van der Waals surface area contributed by atoms with Gasteiger partial charge in [-0.15, -0.1) is 0 Å². The van der Waals surface area contributed by atoms with Crippen molar-refractivity contribution in [3.63, 3.8) is 0 Å². The third kappa shape index (κ3) is 7.09. The standard InChI is InChI=1S/C26H29ClN2O3S/c1-4-19-15-24(13-14-25(19)27)32-26(33)29(3)21-11-8-12-23(16-21)31-18-22(30)17-28(2)20-9-6-5-7-10-20/h5-16,22,30H,4,17-18H2,1-3H3. The average Bonchev–Trinajstić information content (AvgIpc) is 2.84. The van der Waals surface area contributed by atoms with Crippen molar-refractivity contribution in [1.82, 2.24) is 0 Å². The second-order valence-electron chi connectivity index (χ2n) is 7.71. The van der Waals surface area contributed by atoms with Gasteiger partial charge in [0.1, 0.15) is 24.2 Å². The minimum atomic E-state index is -0.640. The van der Waals surface area contributed by atoms with Crippen LogP contribution in [0.25, 0.3) is 0 Å². The third-order valence-corrected chi connectivity index (χ3v) is 5.93. The molecule has 1 atom stereocenters. The highest BCUT2D eigenvalue weighted by atomic mass is 35.5. The minimum Gasteiger partial charge on any atom is -0.491 e. The molecule has 33 heavy (non-hydrogen) atoms. The fraction of sp³-hybridized carbons (Fsp3) is 0.269. The van der Waals surface area contributed by atoms with Gasteiger partial charge in [0.2, 0.25) is 0 Å². The molecule has 0 aliphatic carbocycles. The van der Waals surface area contributed by atoms with Crippen molar-refractivity contribution in [2.75, 3.05) is 37.0 Å². The molecule has 0 amide bonds. The van der Waals surface area contributed by atoms with E-state index in [4.69, 9.17) is 33.3 Å². The molecule has 5 nitrogen and oxygen atoms in total. The van der Waals surface area contributed by atoms with Crippen LogP contribution in [0.4, 0.5) is 11.4 Å². The molecule has 0 saturated heterocycles. The van der Waals surface area contributed by atoms with Crippen LogP contribution >= 0.6 is 23.8 Å². The molecule has 0 spiro atoms. The highest BCUT2D eigenvalue weighted by Crippen LogP contribution is 2.25. The molecule has 0 aliphatic heterocycles. The molecule has 3 aromatic rings. The van der Waals surface area contributed by atoms with E-state index in [2.05, 4.69) is 0 Å². The summed E-state index contributed by atoms with van der Waals surface area (Å²) in [6.45, 7) is 2.68. The van der Waals surface area contributed by atoms with Gasteiger partial charge in [-0.05, 0) is 66.7 Å². The molecule has 0 radical (unpaired) electrons. The fourth-order valence-electron chi connectivity index (χ4n) is 3.29. The molecule has 0 fully saturated rings. The van der Waals surface area contributed by atoms with Crippen LogP contribution < -0.4 is 19.3 Å². The van der Waals surface area contributed by atoms with Gasteiger partial charge in [-0.3, -0.25) is 0 Å². The fourth-order valence-corrected chi connectivity index (χ4v) is 3.74. The van der Waals surface area contributed by atoms with Crippen molar-refractivity contribution >= 4 is 40.4 Å². The number of benzene rings is 3. The number of nitrogens with zero attached hydrogens (tertiary/aromatic N) is 2. The Morgan fingerprint density at radius 2 is 1.70 bits per heavy atom. The molecule has 0 aromatic heterocycles. The number of ether oxygens (including phenoxy) is 2. The molecule has 0 heterocycles. The Morgan fingerprint density at radius 1 is 0.970 bits per heavy atom. The summed E-state index contributed by atoms with van der Waals surface area (Å²) in [5.41, 5.74) is 2.87. The zero-order valence-electron chi connectivity index (χ0n) is 19.1. The number of para-hydroxylation sites is 1. The number of aliphatic hydroxyl groups is 1. The van der Waals surface area contributed by atoms with Crippen LogP contribution in [0.5, 0.6) is 11.5 Å². The summed E-state index contributed by atoms with van der Waals surface area (Å²) >= 11 is 11.7. The molecule has 3 aromatic carbocycles. The Kier molecular flexibility index (Phi) is 8.95. The van der Waals surface area contributed by atoms with E-state index in [1.807, 2.05) is 92.6 Å². The maximum Gasteiger partial charge on any atom is 0.269 e. The third-order valence-electron chi connectivity index (χ3n) is 5.21. The highest BCUT2D eigenvalue weighted by molar-refractivity contribution is 7.80. The molecule has 0 saturated carbocycles. The van der Waals surface area contributed by atoms with Crippen LogP contribution in [0.2, 0.25) is 5.02 Å². The van der Waals surface area contributed by atoms with Gasteiger partial charge in [0.05, 0.1) is 0 Å². The summed E-state index contributed by atoms with van der Waals surface area (Å²) in [6, 6.07) is 22.9. The van der Waals surface area contributed by atoms with Gasteiger partial charge in [0, 0.05) is 43.1 Å². The van der Waals surface area contributed by atoms with Gasteiger partial charge < -0.3 is 24.4 Å². The van der Waals surface area contributed by atoms with Crippen molar-refractivity contribution < 1.29 is 14.6 Å². The van der Waals surface area contributed by atoms with Crippen LogP contribution in [0.3, 0.4) is 0 Å². The number of hydrogen-bond acceptors (Lipinski definition) is 5. The van der Waals surface area contributed by atoms with Gasteiger partial charge in [-0.2, -0.15) is 0 Å².